The average molecular weight is 284 g/mol. The Morgan fingerprint density at radius 1 is 1.32 bits per heavy atom. The van der Waals surface area contributed by atoms with E-state index in [0.29, 0.717) is 6.04 Å². The topological polar surface area (TPSA) is 72.2 Å². The van der Waals surface area contributed by atoms with Crippen molar-refractivity contribution in [3.8, 4) is 0 Å². The van der Waals surface area contributed by atoms with Crippen molar-refractivity contribution in [2.75, 3.05) is 0 Å². The third-order valence-electron chi connectivity index (χ3n) is 3.21. The lowest BCUT2D eigenvalue weighted by molar-refractivity contribution is 0.444. The molecule has 0 spiro atoms. The molecule has 19 heavy (non-hydrogen) atoms. The summed E-state index contributed by atoms with van der Waals surface area (Å²) in [5.74, 6) is 0. The van der Waals surface area contributed by atoms with Crippen LogP contribution < -0.4 is 10.5 Å². The molecule has 0 heterocycles. The van der Waals surface area contributed by atoms with Crippen LogP contribution in [0.1, 0.15) is 51.6 Å². The largest absolute Gasteiger partial charge is 0.308 e. The Hall–Kier alpha value is -0.910. The summed E-state index contributed by atoms with van der Waals surface area (Å²) in [6, 6.07) is 7.32. The number of hydrogen-bond acceptors (Lipinski definition) is 3. The van der Waals surface area contributed by atoms with Gasteiger partial charge >= 0.3 is 0 Å². The molecule has 0 radical (unpaired) electrons. The molecule has 1 aromatic carbocycles. The van der Waals surface area contributed by atoms with E-state index in [4.69, 9.17) is 5.14 Å². The lowest BCUT2D eigenvalue weighted by Crippen LogP contribution is -2.29. The predicted octanol–water partition coefficient (Wildman–Crippen LogP) is 2.56. The fourth-order valence-electron chi connectivity index (χ4n) is 2.08. The maximum absolute atomic E-state index is 11.3. The number of sulfonamides is 1. The highest BCUT2D eigenvalue weighted by atomic mass is 32.2. The third kappa shape index (κ3) is 5.30. The van der Waals surface area contributed by atoms with Crippen LogP contribution in [0.4, 0.5) is 0 Å². The fraction of sp³-hybridized carbons (Fsp3) is 0.571. The third-order valence-corrected chi connectivity index (χ3v) is 4.12. The molecular weight excluding hydrogens is 260 g/mol. The first-order valence-electron chi connectivity index (χ1n) is 6.73. The first-order valence-corrected chi connectivity index (χ1v) is 8.28. The molecule has 0 saturated heterocycles. The van der Waals surface area contributed by atoms with E-state index in [1.54, 1.807) is 12.1 Å². The van der Waals surface area contributed by atoms with Crippen LogP contribution in [0.3, 0.4) is 0 Å². The summed E-state index contributed by atoms with van der Waals surface area (Å²) in [6.45, 7) is 6.35. The highest BCUT2D eigenvalue weighted by Crippen LogP contribution is 2.17. The van der Waals surface area contributed by atoms with Crippen LogP contribution in [-0.4, -0.2) is 14.5 Å². The Morgan fingerprint density at radius 3 is 2.58 bits per heavy atom. The molecule has 4 nitrogen and oxygen atoms in total. The van der Waals surface area contributed by atoms with Gasteiger partial charge in [0.25, 0.3) is 0 Å². The molecule has 0 aliphatic rings. The van der Waals surface area contributed by atoms with Crippen molar-refractivity contribution < 1.29 is 8.42 Å². The molecule has 0 aliphatic carbocycles. The van der Waals surface area contributed by atoms with E-state index < -0.39 is 10.0 Å². The zero-order valence-corrected chi connectivity index (χ0v) is 12.7. The molecular formula is C14H24N2O2S. The van der Waals surface area contributed by atoms with E-state index in [1.165, 1.54) is 18.9 Å². The highest BCUT2D eigenvalue weighted by Gasteiger charge is 2.13. The number of rotatable bonds is 7. The molecule has 0 aliphatic heterocycles. The van der Waals surface area contributed by atoms with Gasteiger partial charge in [-0.2, -0.15) is 0 Å². The molecule has 1 rings (SSSR count). The first kappa shape index (κ1) is 16.1. The van der Waals surface area contributed by atoms with Gasteiger partial charge < -0.3 is 5.32 Å². The lowest BCUT2D eigenvalue weighted by Gasteiger charge is -2.20. The second-order valence-corrected chi connectivity index (χ2v) is 6.61. The number of unbranched alkanes of at least 4 members (excludes halogenated alkanes) is 1. The number of nitrogens with one attached hydrogen (secondary N) is 1. The van der Waals surface area contributed by atoms with Crippen LogP contribution in [0.15, 0.2) is 29.2 Å². The average Bonchev–Trinajstić information content (AvgIpc) is 2.35. The SMILES string of the molecule is CCCCC(C)NC(C)c1cccc(S(N)(=O)=O)c1. The van der Waals surface area contributed by atoms with Crippen molar-refractivity contribution in [2.24, 2.45) is 5.14 Å². The van der Waals surface area contributed by atoms with Crippen molar-refractivity contribution in [1.29, 1.82) is 0 Å². The minimum Gasteiger partial charge on any atom is -0.308 e. The summed E-state index contributed by atoms with van der Waals surface area (Å²) in [7, 11) is -3.63. The highest BCUT2D eigenvalue weighted by molar-refractivity contribution is 7.89. The van der Waals surface area contributed by atoms with Gasteiger partial charge in [0.15, 0.2) is 0 Å². The van der Waals surface area contributed by atoms with Gasteiger partial charge in [0, 0.05) is 12.1 Å². The smallest absolute Gasteiger partial charge is 0.238 e. The van der Waals surface area contributed by atoms with Crippen molar-refractivity contribution in [2.45, 2.75) is 57.0 Å². The molecule has 2 unspecified atom stereocenters. The van der Waals surface area contributed by atoms with Gasteiger partial charge in [-0.25, -0.2) is 13.6 Å². The van der Waals surface area contributed by atoms with Gasteiger partial charge in [-0.1, -0.05) is 31.9 Å². The Bertz CT molecular complexity index is 500. The molecule has 2 atom stereocenters. The lowest BCUT2D eigenvalue weighted by atomic mass is 10.1. The molecule has 0 amide bonds. The standard InChI is InChI=1S/C14H24N2O2S/c1-4-5-7-11(2)16-12(3)13-8-6-9-14(10-13)19(15,17)18/h6,8-12,16H,4-5,7H2,1-3H3,(H2,15,17,18). The van der Waals surface area contributed by atoms with Gasteiger partial charge in [-0.15, -0.1) is 0 Å². The van der Waals surface area contributed by atoms with Crippen molar-refractivity contribution >= 4 is 10.0 Å². The Labute approximate surface area is 116 Å². The normalized spacial score (nSPS) is 15.2. The summed E-state index contributed by atoms with van der Waals surface area (Å²) < 4.78 is 22.7. The van der Waals surface area contributed by atoms with Gasteiger partial charge in [0.1, 0.15) is 0 Å². The summed E-state index contributed by atoms with van der Waals surface area (Å²) in [4.78, 5) is 0.167. The maximum Gasteiger partial charge on any atom is 0.238 e. The van der Waals surface area contributed by atoms with Crippen LogP contribution in [0.2, 0.25) is 0 Å². The fourth-order valence-corrected chi connectivity index (χ4v) is 2.65. The van der Waals surface area contributed by atoms with E-state index in [-0.39, 0.29) is 10.9 Å². The van der Waals surface area contributed by atoms with Crippen molar-refractivity contribution in [3.05, 3.63) is 29.8 Å². The van der Waals surface area contributed by atoms with Gasteiger partial charge in [-0.3, -0.25) is 0 Å². The molecule has 1 aromatic rings. The quantitative estimate of drug-likeness (QED) is 0.808. The van der Waals surface area contributed by atoms with E-state index in [9.17, 15) is 8.42 Å². The second-order valence-electron chi connectivity index (χ2n) is 5.05. The molecule has 0 saturated carbocycles. The monoisotopic (exact) mass is 284 g/mol. The van der Waals surface area contributed by atoms with Crippen molar-refractivity contribution in [3.63, 3.8) is 0 Å². The summed E-state index contributed by atoms with van der Waals surface area (Å²) in [5, 5.41) is 8.62. The predicted molar refractivity (Wildman–Crippen MR) is 78.4 cm³/mol. The Morgan fingerprint density at radius 2 is 2.00 bits per heavy atom. The first-order chi connectivity index (χ1) is 8.84. The molecule has 0 bridgehead atoms. The van der Waals surface area contributed by atoms with E-state index in [1.807, 2.05) is 13.0 Å². The number of primary sulfonamides is 1. The minimum atomic E-state index is -3.63. The van der Waals surface area contributed by atoms with Gasteiger partial charge in [0.2, 0.25) is 10.0 Å². The Kier molecular flexibility index (Phi) is 5.97. The zero-order valence-electron chi connectivity index (χ0n) is 11.9. The molecule has 108 valence electrons. The number of benzene rings is 1. The molecule has 0 fully saturated rings. The molecule has 5 heteroatoms. The number of hydrogen-bond donors (Lipinski definition) is 2. The van der Waals surface area contributed by atoms with Crippen molar-refractivity contribution in [1.82, 2.24) is 5.32 Å². The molecule has 0 aromatic heterocycles. The van der Waals surface area contributed by atoms with Gasteiger partial charge in [-0.05, 0) is 38.0 Å². The van der Waals surface area contributed by atoms with Crippen LogP contribution in [-0.2, 0) is 10.0 Å². The maximum atomic E-state index is 11.3. The Balaban J connectivity index is 2.75. The summed E-state index contributed by atoms with van der Waals surface area (Å²) >= 11 is 0. The van der Waals surface area contributed by atoms with Crippen LogP contribution in [0.5, 0.6) is 0 Å². The zero-order chi connectivity index (χ0) is 14.5. The van der Waals surface area contributed by atoms with Gasteiger partial charge in [0.05, 0.1) is 4.90 Å². The van der Waals surface area contributed by atoms with E-state index in [0.717, 1.165) is 12.0 Å². The van der Waals surface area contributed by atoms with E-state index >= 15 is 0 Å². The number of nitrogens with two attached hydrogens (primary N) is 1. The summed E-state index contributed by atoms with van der Waals surface area (Å²) in [6.07, 6.45) is 3.50. The van der Waals surface area contributed by atoms with Crippen LogP contribution >= 0.6 is 0 Å². The molecule has 3 N–H and O–H groups in total. The second kappa shape index (κ2) is 7.03. The minimum absolute atomic E-state index is 0.105. The summed E-state index contributed by atoms with van der Waals surface area (Å²) in [5.41, 5.74) is 0.940. The van der Waals surface area contributed by atoms with Crippen LogP contribution in [0, 0.1) is 0 Å². The van der Waals surface area contributed by atoms with Crippen LogP contribution in [0.25, 0.3) is 0 Å². The van der Waals surface area contributed by atoms with E-state index in [2.05, 4.69) is 19.2 Å².